The van der Waals surface area contributed by atoms with Crippen molar-refractivity contribution in [3.05, 3.63) is 48.0 Å². The van der Waals surface area contributed by atoms with Crippen LogP contribution in [-0.4, -0.2) is 62.9 Å². The maximum absolute atomic E-state index is 14.5. The van der Waals surface area contributed by atoms with Crippen molar-refractivity contribution < 1.29 is 36.9 Å². The molecule has 2 aromatic heterocycles. The molecule has 1 aliphatic rings. The minimum Gasteiger partial charge on any atom is -0.476 e. The Morgan fingerprint density at radius 2 is 1.83 bits per heavy atom. The molecule has 1 aromatic carbocycles. The summed E-state index contributed by atoms with van der Waals surface area (Å²) in [6, 6.07) is 5.80. The second-order valence-corrected chi connectivity index (χ2v) is 8.02. The molecule has 1 saturated heterocycles. The number of rotatable bonds is 6. The minimum atomic E-state index is -4.87. The summed E-state index contributed by atoms with van der Waals surface area (Å²) in [5.41, 5.74) is -0.200. The van der Waals surface area contributed by atoms with Crippen LogP contribution >= 0.6 is 0 Å². The number of carboxylic acid groups (broad SMARTS) is 1. The first-order valence-electron chi connectivity index (χ1n) is 10.7. The quantitative estimate of drug-likeness (QED) is 0.472. The van der Waals surface area contributed by atoms with Crippen LogP contribution < -0.4 is 15.0 Å². The number of nitrogens with zero attached hydrogens (tertiary/aromatic N) is 5. The maximum atomic E-state index is 14.5. The zero-order chi connectivity index (χ0) is 26.0. The number of alkyl halides is 3. The molecular formula is C22H20F4N6O4. The van der Waals surface area contributed by atoms with Crippen LogP contribution in [0.2, 0.25) is 0 Å². The number of ether oxygens (including phenoxy) is 2. The van der Waals surface area contributed by atoms with Crippen LogP contribution in [0.5, 0.6) is 5.75 Å². The molecule has 0 spiro atoms. The first-order valence-corrected chi connectivity index (χ1v) is 10.7. The summed E-state index contributed by atoms with van der Waals surface area (Å²) in [4.78, 5) is 21.8. The van der Waals surface area contributed by atoms with Crippen LogP contribution in [0.4, 0.5) is 35.1 Å². The molecule has 0 radical (unpaired) electrons. The molecule has 190 valence electrons. The van der Waals surface area contributed by atoms with E-state index < -0.39 is 29.6 Å². The van der Waals surface area contributed by atoms with E-state index in [1.54, 1.807) is 0 Å². The second kappa shape index (κ2) is 9.89. The smallest absolute Gasteiger partial charge is 0.476 e. The van der Waals surface area contributed by atoms with Gasteiger partial charge in [0.05, 0.1) is 18.4 Å². The van der Waals surface area contributed by atoms with Crippen molar-refractivity contribution in [1.82, 2.24) is 20.2 Å². The standard InChI is InChI=1S/C22H20F4N6O4/c1-11-9-32(10-12(2)35-11)21-27-8-16(23)19(29-21)28-17-7-15(18(20(33)34)31-30-17)13-3-5-14(6-4-13)36-22(24,25)26/h3-8,11-12H,9-10H2,1-2H3,(H,33,34)(H,27,28,29,30)/t11-,12+. The summed E-state index contributed by atoms with van der Waals surface area (Å²) in [5.74, 6) is -2.68. The molecule has 10 nitrogen and oxygen atoms in total. The van der Waals surface area contributed by atoms with E-state index in [1.165, 1.54) is 18.2 Å². The van der Waals surface area contributed by atoms with Gasteiger partial charge < -0.3 is 24.8 Å². The summed E-state index contributed by atoms with van der Waals surface area (Å²) < 4.78 is 61.3. The average Bonchev–Trinajstić information content (AvgIpc) is 2.79. The molecule has 1 aliphatic heterocycles. The Bertz CT molecular complexity index is 1250. The molecule has 0 saturated carbocycles. The van der Waals surface area contributed by atoms with E-state index >= 15 is 0 Å². The third kappa shape index (κ3) is 5.94. The van der Waals surface area contributed by atoms with Gasteiger partial charge in [0, 0.05) is 18.7 Å². The van der Waals surface area contributed by atoms with Crippen LogP contribution in [0.3, 0.4) is 0 Å². The normalized spacial score (nSPS) is 18.1. The van der Waals surface area contributed by atoms with Crippen LogP contribution in [-0.2, 0) is 4.74 Å². The van der Waals surface area contributed by atoms with Gasteiger partial charge in [-0.3, -0.25) is 0 Å². The number of carbonyl (C=O) groups is 1. The van der Waals surface area contributed by atoms with Crippen molar-refractivity contribution >= 4 is 23.6 Å². The van der Waals surface area contributed by atoms with E-state index in [0.29, 0.717) is 13.1 Å². The van der Waals surface area contributed by atoms with E-state index in [9.17, 15) is 27.5 Å². The molecule has 0 bridgehead atoms. The van der Waals surface area contributed by atoms with Crippen LogP contribution in [0, 0.1) is 5.82 Å². The van der Waals surface area contributed by atoms with E-state index in [0.717, 1.165) is 18.3 Å². The van der Waals surface area contributed by atoms with Crippen molar-refractivity contribution in [3.8, 4) is 16.9 Å². The van der Waals surface area contributed by atoms with Gasteiger partial charge in [0.2, 0.25) is 5.95 Å². The molecule has 1 fully saturated rings. The lowest BCUT2D eigenvalue weighted by Gasteiger charge is -2.35. The molecule has 4 rings (SSSR count). The lowest BCUT2D eigenvalue weighted by atomic mass is 10.0. The number of benzene rings is 1. The van der Waals surface area contributed by atoms with E-state index in [4.69, 9.17) is 4.74 Å². The number of aromatic nitrogens is 4. The fourth-order valence-corrected chi connectivity index (χ4v) is 3.73. The first kappa shape index (κ1) is 25.0. The number of anilines is 3. The summed E-state index contributed by atoms with van der Waals surface area (Å²) in [5, 5.41) is 19.6. The van der Waals surface area contributed by atoms with Crippen LogP contribution in [0.25, 0.3) is 11.1 Å². The van der Waals surface area contributed by atoms with Crippen molar-refractivity contribution in [1.29, 1.82) is 0 Å². The third-order valence-corrected chi connectivity index (χ3v) is 5.08. The summed E-state index contributed by atoms with van der Waals surface area (Å²) in [6.45, 7) is 4.80. The van der Waals surface area contributed by atoms with Gasteiger partial charge in [-0.15, -0.1) is 23.4 Å². The molecule has 2 N–H and O–H groups in total. The highest BCUT2D eigenvalue weighted by Crippen LogP contribution is 2.30. The molecule has 3 aromatic rings. The Labute approximate surface area is 201 Å². The number of halogens is 4. The van der Waals surface area contributed by atoms with Gasteiger partial charge >= 0.3 is 12.3 Å². The van der Waals surface area contributed by atoms with Gasteiger partial charge in [0.25, 0.3) is 0 Å². The number of morpholine rings is 1. The maximum Gasteiger partial charge on any atom is 0.573 e. The number of nitrogens with one attached hydrogen (secondary N) is 1. The zero-order valence-electron chi connectivity index (χ0n) is 19.0. The molecule has 3 heterocycles. The molecule has 0 unspecified atom stereocenters. The monoisotopic (exact) mass is 508 g/mol. The molecular weight excluding hydrogens is 488 g/mol. The third-order valence-electron chi connectivity index (χ3n) is 5.08. The molecule has 0 amide bonds. The highest BCUT2D eigenvalue weighted by molar-refractivity contribution is 5.94. The Hall–Kier alpha value is -4.07. The van der Waals surface area contributed by atoms with Crippen molar-refractivity contribution in [2.45, 2.75) is 32.4 Å². The van der Waals surface area contributed by atoms with E-state index in [2.05, 4.69) is 30.2 Å². The molecule has 0 aliphatic carbocycles. The summed E-state index contributed by atoms with van der Waals surface area (Å²) >= 11 is 0. The number of hydrogen-bond donors (Lipinski definition) is 2. The van der Waals surface area contributed by atoms with Crippen molar-refractivity contribution in [2.75, 3.05) is 23.3 Å². The number of hydrogen-bond acceptors (Lipinski definition) is 9. The van der Waals surface area contributed by atoms with E-state index in [-0.39, 0.29) is 40.9 Å². The zero-order valence-corrected chi connectivity index (χ0v) is 19.0. The van der Waals surface area contributed by atoms with Gasteiger partial charge in [-0.05, 0) is 37.6 Å². The highest BCUT2D eigenvalue weighted by atomic mass is 19.4. The number of aromatic carboxylic acids is 1. The summed E-state index contributed by atoms with van der Waals surface area (Å²) in [6.07, 6.45) is -4.04. The Kier molecular flexibility index (Phi) is 6.88. The van der Waals surface area contributed by atoms with E-state index in [1.807, 2.05) is 18.7 Å². The lowest BCUT2D eigenvalue weighted by molar-refractivity contribution is -0.274. The van der Waals surface area contributed by atoms with Gasteiger partial charge in [-0.1, -0.05) is 12.1 Å². The van der Waals surface area contributed by atoms with Crippen LogP contribution in [0.1, 0.15) is 24.3 Å². The Balaban J connectivity index is 1.63. The second-order valence-electron chi connectivity index (χ2n) is 8.02. The molecule has 36 heavy (non-hydrogen) atoms. The largest absolute Gasteiger partial charge is 0.573 e. The Morgan fingerprint density at radius 3 is 2.44 bits per heavy atom. The SMILES string of the molecule is C[C@@H]1CN(c2ncc(F)c(Nc3cc(-c4ccc(OC(F)(F)F)cc4)c(C(=O)O)nn3)n2)C[C@H](C)O1. The molecule has 2 atom stereocenters. The Morgan fingerprint density at radius 1 is 1.17 bits per heavy atom. The van der Waals surface area contributed by atoms with Crippen molar-refractivity contribution in [2.24, 2.45) is 0 Å². The van der Waals surface area contributed by atoms with Crippen LogP contribution in [0.15, 0.2) is 36.5 Å². The van der Waals surface area contributed by atoms with Crippen molar-refractivity contribution in [3.63, 3.8) is 0 Å². The highest BCUT2D eigenvalue weighted by Gasteiger charge is 2.31. The first-order chi connectivity index (χ1) is 17.0. The molecule has 14 heteroatoms. The summed E-state index contributed by atoms with van der Waals surface area (Å²) in [7, 11) is 0. The minimum absolute atomic E-state index is 0.0316. The van der Waals surface area contributed by atoms with Gasteiger partial charge in [-0.25, -0.2) is 14.2 Å². The topological polar surface area (TPSA) is 123 Å². The average molecular weight is 508 g/mol. The predicted molar refractivity (Wildman–Crippen MR) is 119 cm³/mol. The van der Waals surface area contributed by atoms with Gasteiger partial charge in [-0.2, -0.15) is 4.98 Å². The lowest BCUT2D eigenvalue weighted by Crippen LogP contribution is -2.46. The number of carboxylic acids is 1. The fourth-order valence-electron chi connectivity index (χ4n) is 3.73. The van der Waals surface area contributed by atoms with Gasteiger partial charge in [0.1, 0.15) is 5.75 Å². The fraction of sp³-hybridized carbons (Fsp3) is 0.318. The predicted octanol–water partition coefficient (Wildman–Crippen LogP) is 4.03. The van der Waals surface area contributed by atoms with Gasteiger partial charge in [0.15, 0.2) is 23.1 Å².